The lowest BCUT2D eigenvalue weighted by Gasteiger charge is -2.14. The SMILES string of the molecule is CCOC(=O)CCC(C)Sc1ccc(-c2cccnc2SC2CCCC2)cc1. The fourth-order valence-electron chi connectivity index (χ4n) is 3.43. The second-order valence-electron chi connectivity index (χ2n) is 7.18. The van der Waals surface area contributed by atoms with Gasteiger partial charge in [-0.2, -0.15) is 0 Å². The van der Waals surface area contributed by atoms with Gasteiger partial charge in [0.25, 0.3) is 0 Å². The lowest BCUT2D eigenvalue weighted by atomic mass is 10.1. The number of rotatable bonds is 9. The molecule has 1 aromatic heterocycles. The molecule has 1 heterocycles. The van der Waals surface area contributed by atoms with Crippen molar-refractivity contribution in [3.63, 3.8) is 0 Å². The smallest absolute Gasteiger partial charge is 0.305 e. The first-order chi connectivity index (χ1) is 13.7. The number of hydrogen-bond donors (Lipinski definition) is 0. The second kappa shape index (κ2) is 10.9. The highest BCUT2D eigenvalue weighted by atomic mass is 32.2. The van der Waals surface area contributed by atoms with Crippen LogP contribution in [0.3, 0.4) is 0 Å². The zero-order chi connectivity index (χ0) is 19.8. The average molecular weight is 416 g/mol. The molecule has 2 aromatic rings. The quantitative estimate of drug-likeness (QED) is 0.340. The monoisotopic (exact) mass is 415 g/mol. The number of benzene rings is 1. The standard InChI is InChI=1S/C23H29NO2S2/c1-3-26-22(25)15-10-17(2)27-20-13-11-18(12-14-20)21-9-6-16-24-23(21)28-19-7-4-5-8-19/h6,9,11-14,16-17,19H,3-5,7-8,10,15H2,1-2H3. The van der Waals surface area contributed by atoms with Gasteiger partial charge >= 0.3 is 5.97 Å². The highest BCUT2D eigenvalue weighted by Crippen LogP contribution is 2.38. The molecule has 1 saturated carbocycles. The van der Waals surface area contributed by atoms with Gasteiger partial charge in [0.1, 0.15) is 5.03 Å². The molecule has 3 rings (SSSR count). The minimum atomic E-state index is -0.103. The summed E-state index contributed by atoms with van der Waals surface area (Å²) in [4.78, 5) is 17.4. The molecule has 1 aliphatic rings. The normalized spacial score (nSPS) is 15.5. The summed E-state index contributed by atoms with van der Waals surface area (Å²) in [5, 5.41) is 2.24. The van der Waals surface area contributed by atoms with Gasteiger partial charge in [-0.3, -0.25) is 4.79 Å². The summed E-state index contributed by atoms with van der Waals surface area (Å²) >= 11 is 3.75. The van der Waals surface area contributed by atoms with Crippen LogP contribution in [0.2, 0.25) is 0 Å². The first-order valence-electron chi connectivity index (χ1n) is 10.2. The number of nitrogens with zero attached hydrogens (tertiary/aromatic N) is 1. The number of carbonyl (C=O) groups is 1. The number of esters is 1. The van der Waals surface area contributed by atoms with E-state index in [0.29, 0.717) is 23.5 Å². The third kappa shape index (κ3) is 6.28. The molecule has 0 N–H and O–H groups in total. The van der Waals surface area contributed by atoms with E-state index in [0.717, 1.165) is 11.4 Å². The summed E-state index contributed by atoms with van der Waals surface area (Å²) < 4.78 is 5.01. The summed E-state index contributed by atoms with van der Waals surface area (Å²) in [5.74, 6) is -0.103. The molecular weight excluding hydrogens is 386 g/mol. The Hall–Kier alpha value is -1.46. The van der Waals surface area contributed by atoms with Crippen LogP contribution in [0.25, 0.3) is 11.1 Å². The van der Waals surface area contributed by atoms with Crippen molar-refractivity contribution in [2.75, 3.05) is 6.61 Å². The highest BCUT2D eigenvalue weighted by Gasteiger charge is 2.19. The molecule has 28 heavy (non-hydrogen) atoms. The first-order valence-corrected chi connectivity index (χ1v) is 12.0. The molecule has 1 atom stereocenters. The summed E-state index contributed by atoms with van der Waals surface area (Å²) in [7, 11) is 0. The van der Waals surface area contributed by atoms with Crippen molar-refractivity contribution in [3.05, 3.63) is 42.6 Å². The third-order valence-electron chi connectivity index (χ3n) is 4.91. The minimum Gasteiger partial charge on any atom is -0.466 e. The Morgan fingerprint density at radius 1 is 1.21 bits per heavy atom. The van der Waals surface area contributed by atoms with Crippen molar-refractivity contribution in [2.24, 2.45) is 0 Å². The lowest BCUT2D eigenvalue weighted by molar-refractivity contribution is -0.143. The van der Waals surface area contributed by atoms with Crippen LogP contribution in [0.4, 0.5) is 0 Å². The summed E-state index contributed by atoms with van der Waals surface area (Å²) in [6, 6.07) is 12.9. The molecule has 1 fully saturated rings. The van der Waals surface area contributed by atoms with Crippen molar-refractivity contribution in [3.8, 4) is 11.1 Å². The summed E-state index contributed by atoms with van der Waals surface area (Å²) in [5.41, 5.74) is 2.45. The number of carbonyl (C=O) groups excluding carboxylic acids is 1. The Bertz CT molecular complexity index is 757. The first kappa shape index (κ1) is 21.3. The molecule has 3 nitrogen and oxygen atoms in total. The van der Waals surface area contributed by atoms with Crippen LogP contribution >= 0.6 is 23.5 Å². The van der Waals surface area contributed by atoms with Gasteiger partial charge in [-0.05, 0) is 49.9 Å². The molecule has 0 saturated heterocycles. The fourth-order valence-corrected chi connectivity index (χ4v) is 5.74. The summed E-state index contributed by atoms with van der Waals surface area (Å²) in [6.07, 6.45) is 8.52. The van der Waals surface area contributed by atoms with Crippen LogP contribution in [-0.2, 0) is 9.53 Å². The molecule has 0 radical (unpaired) electrons. The van der Waals surface area contributed by atoms with Crippen molar-refractivity contribution >= 4 is 29.5 Å². The summed E-state index contributed by atoms with van der Waals surface area (Å²) in [6.45, 7) is 4.46. The van der Waals surface area contributed by atoms with Gasteiger partial charge in [-0.15, -0.1) is 23.5 Å². The zero-order valence-corrected chi connectivity index (χ0v) is 18.4. The minimum absolute atomic E-state index is 0.103. The predicted molar refractivity (Wildman–Crippen MR) is 119 cm³/mol. The molecular formula is C23H29NO2S2. The molecule has 0 bridgehead atoms. The molecule has 1 aromatic carbocycles. The number of hydrogen-bond acceptors (Lipinski definition) is 5. The number of pyridine rings is 1. The molecule has 0 spiro atoms. The van der Waals surface area contributed by atoms with Crippen molar-refractivity contribution in [2.45, 2.75) is 72.8 Å². The van der Waals surface area contributed by atoms with Crippen molar-refractivity contribution in [1.82, 2.24) is 4.98 Å². The number of ether oxygens (including phenoxy) is 1. The topological polar surface area (TPSA) is 39.2 Å². The average Bonchev–Trinajstić information content (AvgIpc) is 3.21. The van der Waals surface area contributed by atoms with Crippen LogP contribution in [0.15, 0.2) is 52.5 Å². The Labute approximate surface area is 177 Å². The molecule has 5 heteroatoms. The van der Waals surface area contributed by atoms with E-state index in [9.17, 15) is 4.79 Å². The van der Waals surface area contributed by atoms with Gasteiger partial charge in [0.05, 0.1) is 6.61 Å². The van der Waals surface area contributed by atoms with E-state index in [4.69, 9.17) is 4.74 Å². The van der Waals surface area contributed by atoms with Gasteiger partial charge in [-0.25, -0.2) is 4.98 Å². The predicted octanol–water partition coefficient (Wildman–Crippen LogP) is 6.61. The van der Waals surface area contributed by atoms with Gasteiger partial charge < -0.3 is 4.74 Å². The molecule has 0 amide bonds. The van der Waals surface area contributed by atoms with Crippen LogP contribution in [0.1, 0.15) is 52.4 Å². The van der Waals surface area contributed by atoms with E-state index in [1.807, 2.05) is 42.7 Å². The number of thioether (sulfide) groups is 2. The van der Waals surface area contributed by atoms with E-state index in [1.54, 1.807) is 0 Å². The Kier molecular flexibility index (Phi) is 8.28. The van der Waals surface area contributed by atoms with Crippen LogP contribution < -0.4 is 0 Å². The lowest BCUT2D eigenvalue weighted by Crippen LogP contribution is -2.07. The third-order valence-corrected chi connectivity index (χ3v) is 7.45. The Morgan fingerprint density at radius 2 is 1.96 bits per heavy atom. The van der Waals surface area contributed by atoms with Crippen molar-refractivity contribution in [1.29, 1.82) is 0 Å². The molecule has 1 unspecified atom stereocenters. The Morgan fingerprint density at radius 3 is 2.68 bits per heavy atom. The fraction of sp³-hybridized carbons (Fsp3) is 0.478. The maximum Gasteiger partial charge on any atom is 0.305 e. The van der Waals surface area contributed by atoms with Gasteiger partial charge in [0.2, 0.25) is 0 Å². The molecule has 1 aliphatic carbocycles. The Balaban J connectivity index is 1.60. The second-order valence-corrected chi connectivity index (χ2v) is 9.98. The molecule has 150 valence electrons. The molecule has 0 aliphatic heterocycles. The van der Waals surface area contributed by atoms with Gasteiger partial charge in [0, 0.05) is 33.6 Å². The number of aromatic nitrogens is 1. The van der Waals surface area contributed by atoms with Crippen LogP contribution in [0, 0.1) is 0 Å². The van der Waals surface area contributed by atoms with E-state index in [1.165, 1.54) is 41.7 Å². The van der Waals surface area contributed by atoms with E-state index in [-0.39, 0.29) is 5.97 Å². The largest absolute Gasteiger partial charge is 0.466 e. The van der Waals surface area contributed by atoms with Crippen molar-refractivity contribution < 1.29 is 9.53 Å². The van der Waals surface area contributed by atoms with Gasteiger partial charge in [-0.1, -0.05) is 38.0 Å². The maximum atomic E-state index is 11.5. The van der Waals surface area contributed by atoms with E-state index in [2.05, 4.69) is 42.2 Å². The zero-order valence-electron chi connectivity index (χ0n) is 16.7. The highest BCUT2D eigenvalue weighted by molar-refractivity contribution is 8.00. The van der Waals surface area contributed by atoms with Crippen LogP contribution in [-0.4, -0.2) is 28.1 Å². The van der Waals surface area contributed by atoms with Crippen LogP contribution in [0.5, 0.6) is 0 Å². The van der Waals surface area contributed by atoms with E-state index >= 15 is 0 Å². The van der Waals surface area contributed by atoms with E-state index < -0.39 is 0 Å². The van der Waals surface area contributed by atoms with Gasteiger partial charge in [0.15, 0.2) is 0 Å². The maximum absolute atomic E-state index is 11.5.